The molecule has 0 bridgehead atoms. The summed E-state index contributed by atoms with van der Waals surface area (Å²) >= 11 is 1.69. The standard InChI is InChI=1S/C26H33FN2O3S/c1-18(2)15-28(26(31)19-6-3-4-7-19)16-25(30)29-12-10-24-22(11-13-33-24)23(29)17-32-21-9-5-8-20(27)14-21/h5,8-9,11,13-14,18-19,23H,3-4,6-7,10,12,15-17H2,1-2H3/t23-/m1/s1. The van der Waals surface area contributed by atoms with Crippen LogP contribution >= 0.6 is 11.3 Å². The summed E-state index contributed by atoms with van der Waals surface area (Å²) in [6.07, 6.45) is 4.83. The number of halogens is 1. The number of thiophene rings is 1. The fourth-order valence-electron chi connectivity index (χ4n) is 4.96. The van der Waals surface area contributed by atoms with Crippen LogP contribution in [0.1, 0.15) is 56.0 Å². The van der Waals surface area contributed by atoms with Crippen molar-refractivity contribution < 1.29 is 18.7 Å². The topological polar surface area (TPSA) is 49.9 Å². The molecule has 4 rings (SSSR count). The number of nitrogens with zero attached hydrogens (tertiary/aromatic N) is 2. The summed E-state index contributed by atoms with van der Waals surface area (Å²) in [7, 11) is 0. The van der Waals surface area contributed by atoms with E-state index in [1.165, 1.54) is 17.0 Å². The second kappa shape index (κ2) is 10.7. The molecule has 1 aromatic heterocycles. The highest BCUT2D eigenvalue weighted by Crippen LogP contribution is 2.34. The highest BCUT2D eigenvalue weighted by molar-refractivity contribution is 7.10. The Kier molecular flexibility index (Phi) is 7.68. The Balaban J connectivity index is 1.50. The average molecular weight is 473 g/mol. The summed E-state index contributed by atoms with van der Waals surface area (Å²) in [6.45, 7) is 5.68. The number of carbonyl (C=O) groups excluding carboxylic acids is 2. The van der Waals surface area contributed by atoms with Crippen LogP contribution in [0.3, 0.4) is 0 Å². The molecule has 1 saturated carbocycles. The minimum Gasteiger partial charge on any atom is -0.491 e. The highest BCUT2D eigenvalue weighted by atomic mass is 32.1. The molecule has 0 N–H and O–H groups in total. The lowest BCUT2D eigenvalue weighted by molar-refractivity contribution is -0.145. The van der Waals surface area contributed by atoms with Gasteiger partial charge in [0.1, 0.15) is 18.2 Å². The van der Waals surface area contributed by atoms with Gasteiger partial charge in [-0.2, -0.15) is 0 Å². The first-order valence-electron chi connectivity index (χ1n) is 11.9. The van der Waals surface area contributed by atoms with E-state index in [1.807, 2.05) is 10.3 Å². The maximum Gasteiger partial charge on any atom is 0.242 e. The van der Waals surface area contributed by atoms with Crippen molar-refractivity contribution in [2.45, 2.75) is 52.0 Å². The molecule has 0 spiro atoms. The maximum absolute atomic E-state index is 13.6. The van der Waals surface area contributed by atoms with E-state index in [4.69, 9.17) is 4.74 Å². The molecule has 2 aromatic rings. The first-order chi connectivity index (χ1) is 15.9. The third-order valence-corrected chi connectivity index (χ3v) is 7.54. The van der Waals surface area contributed by atoms with E-state index in [0.29, 0.717) is 24.8 Å². The number of hydrogen-bond acceptors (Lipinski definition) is 4. The Morgan fingerprint density at radius 3 is 2.76 bits per heavy atom. The third kappa shape index (κ3) is 5.75. The van der Waals surface area contributed by atoms with Crippen molar-refractivity contribution in [3.05, 3.63) is 52.0 Å². The normalized spacial score (nSPS) is 18.4. The highest BCUT2D eigenvalue weighted by Gasteiger charge is 2.35. The summed E-state index contributed by atoms with van der Waals surface area (Å²) in [4.78, 5) is 31.6. The molecule has 178 valence electrons. The van der Waals surface area contributed by atoms with Crippen molar-refractivity contribution in [1.29, 1.82) is 0 Å². The van der Waals surface area contributed by atoms with Crippen LogP contribution in [0.15, 0.2) is 35.7 Å². The second-order valence-electron chi connectivity index (χ2n) is 9.51. The molecule has 2 amide bonds. The van der Waals surface area contributed by atoms with Crippen molar-refractivity contribution in [3.8, 4) is 5.75 Å². The van der Waals surface area contributed by atoms with Gasteiger partial charge < -0.3 is 14.5 Å². The van der Waals surface area contributed by atoms with E-state index in [1.54, 1.807) is 28.4 Å². The van der Waals surface area contributed by atoms with Crippen LogP contribution < -0.4 is 4.74 Å². The van der Waals surface area contributed by atoms with Gasteiger partial charge in [0.25, 0.3) is 0 Å². The number of hydrogen-bond donors (Lipinski definition) is 0. The van der Waals surface area contributed by atoms with Gasteiger partial charge in [-0.15, -0.1) is 11.3 Å². The van der Waals surface area contributed by atoms with Gasteiger partial charge in [-0.05, 0) is 54.3 Å². The lowest BCUT2D eigenvalue weighted by atomic mass is 10.00. The number of benzene rings is 1. The Bertz CT molecular complexity index is 970. The van der Waals surface area contributed by atoms with Crippen LogP contribution in [0, 0.1) is 17.7 Å². The van der Waals surface area contributed by atoms with Crippen LogP contribution in [0.2, 0.25) is 0 Å². The molecule has 5 nitrogen and oxygen atoms in total. The van der Waals surface area contributed by atoms with Gasteiger partial charge in [-0.3, -0.25) is 9.59 Å². The molecule has 0 radical (unpaired) electrons. The van der Waals surface area contributed by atoms with Crippen LogP contribution in [-0.4, -0.2) is 47.9 Å². The molecule has 0 unspecified atom stereocenters. The SMILES string of the molecule is CC(C)CN(CC(=O)N1CCc2sccc2[C@H]1COc1cccc(F)c1)C(=O)C1CCCC1. The number of amides is 2. The summed E-state index contributed by atoms with van der Waals surface area (Å²) in [5, 5.41) is 2.04. The van der Waals surface area contributed by atoms with E-state index in [0.717, 1.165) is 37.7 Å². The zero-order valence-corrected chi connectivity index (χ0v) is 20.3. The molecule has 2 heterocycles. The quantitative estimate of drug-likeness (QED) is 0.539. The zero-order chi connectivity index (χ0) is 23.4. The van der Waals surface area contributed by atoms with Crippen molar-refractivity contribution in [2.24, 2.45) is 11.8 Å². The Hall–Kier alpha value is -2.41. The predicted molar refractivity (Wildman–Crippen MR) is 128 cm³/mol. The number of carbonyl (C=O) groups is 2. The molecular formula is C26H33FN2O3S. The lowest BCUT2D eigenvalue weighted by Crippen LogP contribution is -2.49. The third-order valence-electron chi connectivity index (χ3n) is 6.55. The molecule has 2 aliphatic rings. The first-order valence-corrected chi connectivity index (χ1v) is 12.8. The van der Waals surface area contributed by atoms with Crippen molar-refractivity contribution in [3.63, 3.8) is 0 Å². The van der Waals surface area contributed by atoms with Gasteiger partial charge in [0, 0.05) is 30.0 Å². The molecule has 1 fully saturated rings. The van der Waals surface area contributed by atoms with Crippen molar-refractivity contribution in [2.75, 3.05) is 26.2 Å². The van der Waals surface area contributed by atoms with Gasteiger partial charge in [-0.25, -0.2) is 4.39 Å². The van der Waals surface area contributed by atoms with Gasteiger partial charge in [0.15, 0.2) is 0 Å². The second-order valence-corrected chi connectivity index (χ2v) is 10.5. The smallest absolute Gasteiger partial charge is 0.242 e. The van der Waals surface area contributed by atoms with Crippen molar-refractivity contribution >= 4 is 23.2 Å². The first kappa shape index (κ1) is 23.7. The monoisotopic (exact) mass is 472 g/mol. The van der Waals surface area contributed by atoms with E-state index in [9.17, 15) is 14.0 Å². The molecule has 1 atom stereocenters. The minimum absolute atomic E-state index is 0.0494. The summed E-state index contributed by atoms with van der Waals surface area (Å²) in [5.41, 5.74) is 1.09. The van der Waals surface area contributed by atoms with Gasteiger partial charge >= 0.3 is 0 Å². The molecule has 33 heavy (non-hydrogen) atoms. The van der Waals surface area contributed by atoms with Gasteiger partial charge in [0.05, 0.1) is 12.6 Å². The molecular weight excluding hydrogens is 439 g/mol. The van der Waals surface area contributed by atoms with Gasteiger partial charge in [-0.1, -0.05) is 32.8 Å². The predicted octanol–water partition coefficient (Wildman–Crippen LogP) is 5.07. The summed E-state index contributed by atoms with van der Waals surface area (Å²) in [5.74, 6) is 0.508. The Morgan fingerprint density at radius 1 is 1.24 bits per heavy atom. The summed E-state index contributed by atoms with van der Waals surface area (Å²) < 4.78 is 19.5. The van der Waals surface area contributed by atoms with Crippen LogP contribution in [0.4, 0.5) is 4.39 Å². The van der Waals surface area contributed by atoms with Crippen LogP contribution in [0.5, 0.6) is 5.75 Å². The summed E-state index contributed by atoms with van der Waals surface area (Å²) in [6, 6.07) is 7.87. The fraction of sp³-hybridized carbons (Fsp3) is 0.538. The minimum atomic E-state index is -0.352. The Morgan fingerprint density at radius 2 is 2.03 bits per heavy atom. The lowest BCUT2D eigenvalue weighted by Gasteiger charge is -2.37. The number of rotatable bonds is 8. The van der Waals surface area contributed by atoms with E-state index in [-0.39, 0.29) is 42.7 Å². The van der Waals surface area contributed by atoms with E-state index < -0.39 is 0 Å². The maximum atomic E-state index is 13.6. The van der Waals surface area contributed by atoms with Gasteiger partial charge in [0.2, 0.25) is 11.8 Å². The van der Waals surface area contributed by atoms with Crippen LogP contribution in [0.25, 0.3) is 0 Å². The van der Waals surface area contributed by atoms with E-state index in [2.05, 4.69) is 19.9 Å². The number of fused-ring (bicyclic) bond motifs is 1. The van der Waals surface area contributed by atoms with E-state index >= 15 is 0 Å². The van der Waals surface area contributed by atoms with Crippen LogP contribution in [-0.2, 0) is 16.0 Å². The number of ether oxygens (including phenoxy) is 1. The molecule has 1 aromatic carbocycles. The zero-order valence-electron chi connectivity index (χ0n) is 19.5. The molecule has 0 saturated heterocycles. The average Bonchev–Trinajstić information content (AvgIpc) is 3.48. The molecule has 1 aliphatic carbocycles. The van der Waals surface area contributed by atoms with Crippen molar-refractivity contribution in [1.82, 2.24) is 9.80 Å². The molecule has 1 aliphatic heterocycles. The Labute approximate surface area is 199 Å². The fourth-order valence-corrected chi connectivity index (χ4v) is 5.89. The molecule has 7 heteroatoms. The largest absolute Gasteiger partial charge is 0.491 e.